The first-order valence-corrected chi connectivity index (χ1v) is 11.9. The summed E-state index contributed by atoms with van der Waals surface area (Å²) >= 11 is 1.88. The zero-order valence-electron chi connectivity index (χ0n) is 17.7. The Bertz CT molecular complexity index is 1150. The van der Waals surface area contributed by atoms with Gasteiger partial charge in [-0.2, -0.15) is 0 Å². The van der Waals surface area contributed by atoms with Gasteiger partial charge in [0.2, 0.25) is 0 Å². The highest BCUT2D eigenvalue weighted by atomic mass is 32.2. The van der Waals surface area contributed by atoms with Gasteiger partial charge in [-0.3, -0.25) is 9.59 Å². The van der Waals surface area contributed by atoms with Crippen LogP contribution in [0.15, 0.2) is 66.7 Å². The summed E-state index contributed by atoms with van der Waals surface area (Å²) in [6, 6.07) is 21.9. The fourth-order valence-electron chi connectivity index (χ4n) is 4.81. The monoisotopic (exact) mass is 430 g/mol. The van der Waals surface area contributed by atoms with Gasteiger partial charge in [-0.15, -0.1) is 11.8 Å². The molecule has 0 unspecified atom stereocenters. The van der Waals surface area contributed by atoms with Gasteiger partial charge in [0.25, 0.3) is 11.8 Å². The summed E-state index contributed by atoms with van der Waals surface area (Å²) in [5.74, 6) is 1.15. The molecule has 0 radical (unpaired) electrons. The molecule has 2 aliphatic rings. The van der Waals surface area contributed by atoms with Crippen molar-refractivity contribution >= 4 is 34.3 Å². The number of piperidine rings is 1. The minimum absolute atomic E-state index is 0.0835. The quantitative estimate of drug-likeness (QED) is 0.576. The first kappa shape index (κ1) is 20.1. The van der Waals surface area contributed by atoms with Crippen LogP contribution in [0.5, 0.6) is 0 Å². The van der Waals surface area contributed by atoms with Crippen molar-refractivity contribution in [1.82, 2.24) is 9.80 Å². The van der Waals surface area contributed by atoms with Crippen molar-refractivity contribution in [3.8, 4) is 0 Å². The van der Waals surface area contributed by atoms with Crippen molar-refractivity contribution in [2.45, 2.75) is 24.6 Å². The average molecular weight is 431 g/mol. The Kier molecular flexibility index (Phi) is 5.22. The van der Waals surface area contributed by atoms with E-state index in [4.69, 9.17) is 0 Å². The zero-order chi connectivity index (χ0) is 21.4. The minimum Gasteiger partial charge on any atom is -0.338 e. The number of carbonyl (C=O) groups excluding carboxylic acids is 2. The van der Waals surface area contributed by atoms with Crippen LogP contribution in [0.25, 0.3) is 10.8 Å². The van der Waals surface area contributed by atoms with Crippen molar-refractivity contribution < 1.29 is 9.59 Å². The van der Waals surface area contributed by atoms with Crippen LogP contribution >= 0.6 is 11.8 Å². The van der Waals surface area contributed by atoms with E-state index >= 15 is 0 Å². The van der Waals surface area contributed by atoms with Gasteiger partial charge in [-0.25, -0.2) is 0 Å². The molecule has 2 aliphatic heterocycles. The zero-order valence-corrected chi connectivity index (χ0v) is 18.5. The molecule has 158 valence electrons. The summed E-state index contributed by atoms with van der Waals surface area (Å²) in [7, 11) is 0. The van der Waals surface area contributed by atoms with E-state index in [1.165, 1.54) is 0 Å². The molecule has 0 bridgehead atoms. The summed E-state index contributed by atoms with van der Waals surface area (Å²) in [4.78, 5) is 30.2. The molecular formula is C26H26N2O2S. The molecule has 5 heteroatoms. The number of benzene rings is 3. The summed E-state index contributed by atoms with van der Waals surface area (Å²) in [6.45, 7) is 4.14. The Morgan fingerprint density at radius 1 is 0.806 bits per heavy atom. The normalized spacial score (nSPS) is 18.0. The van der Waals surface area contributed by atoms with Crippen LogP contribution < -0.4 is 0 Å². The number of hydrogen-bond acceptors (Lipinski definition) is 3. The molecule has 2 amide bonds. The lowest BCUT2D eigenvalue weighted by Crippen LogP contribution is -2.53. The molecule has 0 saturated carbocycles. The van der Waals surface area contributed by atoms with E-state index in [0.29, 0.717) is 13.1 Å². The number of carbonyl (C=O) groups is 2. The minimum atomic E-state index is -0.193. The summed E-state index contributed by atoms with van der Waals surface area (Å²) < 4.78 is 0. The number of amides is 2. The molecule has 0 atom stereocenters. The van der Waals surface area contributed by atoms with Gasteiger partial charge < -0.3 is 9.80 Å². The predicted molar refractivity (Wildman–Crippen MR) is 126 cm³/mol. The fourth-order valence-corrected chi connectivity index (χ4v) is 6.26. The third kappa shape index (κ3) is 3.72. The second-order valence-corrected chi connectivity index (χ2v) is 9.93. The average Bonchev–Trinajstić information content (AvgIpc) is 3.21. The molecule has 4 nitrogen and oxygen atoms in total. The summed E-state index contributed by atoms with van der Waals surface area (Å²) in [5, 5.41) is 2.23. The maximum atomic E-state index is 13.3. The standard InChI is InChI=1S/C26H26N2O2S/c1-19-5-4-8-22(17-19)25(30)28-15-16-31-26(28)11-13-27(14-12-26)24(29)23-10-9-20-6-2-3-7-21(20)18-23/h2-10,17-18H,11-16H2,1H3. The number of rotatable bonds is 2. The van der Waals surface area contributed by atoms with E-state index in [1.54, 1.807) is 0 Å². The Morgan fingerprint density at radius 2 is 1.55 bits per heavy atom. The second-order valence-electron chi connectivity index (χ2n) is 8.48. The Hall–Kier alpha value is -2.79. The maximum Gasteiger partial charge on any atom is 0.255 e. The van der Waals surface area contributed by atoms with Gasteiger partial charge in [0.1, 0.15) is 0 Å². The van der Waals surface area contributed by atoms with E-state index in [-0.39, 0.29) is 16.7 Å². The first-order valence-electron chi connectivity index (χ1n) is 10.9. The number of fused-ring (bicyclic) bond motifs is 1. The van der Waals surface area contributed by atoms with Gasteiger partial charge in [0, 0.05) is 36.5 Å². The molecule has 5 rings (SSSR count). The van der Waals surface area contributed by atoms with Gasteiger partial charge >= 0.3 is 0 Å². The van der Waals surface area contributed by atoms with Crippen molar-refractivity contribution in [3.63, 3.8) is 0 Å². The number of hydrogen-bond donors (Lipinski definition) is 0. The molecule has 1 spiro atoms. The van der Waals surface area contributed by atoms with E-state index in [1.807, 2.05) is 84.2 Å². The van der Waals surface area contributed by atoms with Crippen molar-refractivity contribution in [2.24, 2.45) is 0 Å². The van der Waals surface area contributed by atoms with Gasteiger partial charge in [-0.05, 0) is 54.8 Å². The fraction of sp³-hybridized carbons (Fsp3) is 0.308. The predicted octanol–water partition coefficient (Wildman–Crippen LogP) is 4.97. The highest BCUT2D eigenvalue weighted by molar-refractivity contribution is 8.00. The molecular weight excluding hydrogens is 404 g/mol. The topological polar surface area (TPSA) is 40.6 Å². The SMILES string of the molecule is Cc1cccc(C(=O)N2CCSC23CCN(C(=O)c2ccc4ccccc4c2)CC3)c1. The molecule has 2 saturated heterocycles. The lowest BCUT2D eigenvalue weighted by Gasteiger charge is -2.44. The lowest BCUT2D eigenvalue weighted by molar-refractivity contribution is 0.0498. The van der Waals surface area contributed by atoms with Crippen LogP contribution in [0.2, 0.25) is 0 Å². The number of thioether (sulfide) groups is 1. The largest absolute Gasteiger partial charge is 0.338 e. The van der Waals surface area contributed by atoms with Crippen molar-refractivity contribution in [2.75, 3.05) is 25.4 Å². The third-order valence-corrected chi connectivity index (χ3v) is 8.07. The van der Waals surface area contributed by atoms with E-state index in [2.05, 4.69) is 11.0 Å². The van der Waals surface area contributed by atoms with Crippen LogP contribution in [0, 0.1) is 6.92 Å². The van der Waals surface area contributed by atoms with Crippen LogP contribution in [-0.4, -0.2) is 51.9 Å². The third-order valence-electron chi connectivity index (χ3n) is 6.52. The van der Waals surface area contributed by atoms with Crippen LogP contribution in [-0.2, 0) is 0 Å². The highest BCUT2D eigenvalue weighted by Gasteiger charge is 2.47. The van der Waals surface area contributed by atoms with Gasteiger partial charge in [-0.1, -0.05) is 48.0 Å². The van der Waals surface area contributed by atoms with Gasteiger partial charge in [0.15, 0.2) is 0 Å². The second kappa shape index (κ2) is 8.04. The van der Waals surface area contributed by atoms with Crippen molar-refractivity contribution in [3.05, 3.63) is 83.4 Å². The molecule has 2 fully saturated rings. The molecule has 2 heterocycles. The molecule has 0 N–H and O–H groups in total. The number of likely N-dealkylation sites (tertiary alicyclic amines) is 1. The lowest BCUT2D eigenvalue weighted by atomic mass is 9.99. The van der Waals surface area contributed by atoms with E-state index in [0.717, 1.165) is 52.6 Å². The molecule has 0 aromatic heterocycles. The summed E-state index contributed by atoms with van der Waals surface area (Å²) in [5.41, 5.74) is 2.60. The first-order chi connectivity index (χ1) is 15.1. The highest BCUT2D eigenvalue weighted by Crippen LogP contribution is 2.44. The van der Waals surface area contributed by atoms with Crippen LogP contribution in [0.1, 0.15) is 39.1 Å². The molecule has 0 aliphatic carbocycles. The molecule has 3 aromatic rings. The molecule has 31 heavy (non-hydrogen) atoms. The summed E-state index contributed by atoms with van der Waals surface area (Å²) in [6.07, 6.45) is 1.63. The van der Waals surface area contributed by atoms with E-state index < -0.39 is 0 Å². The van der Waals surface area contributed by atoms with Crippen molar-refractivity contribution in [1.29, 1.82) is 0 Å². The van der Waals surface area contributed by atoms with Crippen LogP contribution in [0.4, 0.5) is 0 Å². The molecule has 3 aromatic carbocycles. The van der Waals surface area contributed by atoms with E-state index in [9.17, 15) is 9.59 Å². The maximum absolute atomic E-state index is 13.3. The smallest absolute Gasteiger partial charge is 0.255 e. The van der Waals surface area contributed by atoms with Gasteiger partial charge in [0.05, 0.1) is 4.87 Å². The van der Waals surface area contributed by atoms with Crippen LogP contribution in [0.3, 0.4) is 0 Å². The Labute approximate surface area is 187 Å². The number of nitrogens with zero attached hydrogens (tertiary/aromatic N) is 2. The Balaban J connectivity index is 1.31. The Morgan fingerprint density at radius 3 is 2.32 bits per heavy atom. The number of aryl methyl sites for hydroxylation is 1.